The quantitative estimate of drug-likeness (QED) is 0.375. The van der Waals surface area contributed by atoms with Crippen LogP contribution in [-0.2, 0) is 4.74 Å². The van der Waals surface area contributed by atoms with E-state index in [-0.39, 0.29) is 5.60 Å². The highest BCUT2D eigenvalue weighted by atomic mass is 35.5. The number of rotatable bonds is 4. The molecule has 1 rings (SSSR count). The second kappa shape index (κ2) is 3.80. The molecule has 70 valence electrons. The largest absolute Gasteiger partial charge is 0.365 e. The fourth-order valence-electron chi connectivity index (χ4n) is 1.35. The first-order chi connectivity index (χ1) is 5.58. The molecule has 0 N–H and O–H groups in total. The lowest BCUT2D eigenvalue weighted by Gasteiger charge is -2.02. The fourth-order valence-corrected chi connectivity index (χ4v) is 1.74. The van der Waals surface area contributed by atoms with Gasteiger partial charge in [-0.2, -0.15) is 0 Å². The minimum Gasteiger partial charge on any atom is -0.365 e. The van der Waals surface area contributed by atoms with Gasteiger partial charge in [0.1, 0.15) is 6.10 Å². The molecule has 0 spiro atoms. The van der Waals surface area contributed by atoms with Crippen LogP contribution in [-0.4, -0.2) is 17.6 Å². The number of ether oxygens (including phenoxy) is 1. The maximum atomic E-state index is 5.68. The van der Waals surface area contributed by atoms with Crippen LogP contribution in [0.1, 0.15) is 33.6 Å². The standard InChI is InChI=1S/C10H17ClO/c1-8(2)5-4-6-10(3)9(7-11)12-10/h5,9H,4,6-7H2,1-3H3/t9-,10-/m0/s1. The van der Waals surface area contributed by atoms with Gasteiger partial charge in [-0.05, 0) is 33.6 Å². The highest BCUT2D eigenvalue weighted by molar-refractivity contribution is 6.18. The first-order valence-electron chi connectivity index (χ1n) is 4.45. The zero-order chi connectivity index (χ0) is 9.19. The second-order valence-electron chi connectivity index (χ2n) is 3.89. The molecule has 0 bridgehead atoms. The molecule has 0 aliphatic carbocycles. The van der Waals surface area contributed by atoms with Crippen molar-refractivity contribution in [2.75, 3.05) is 5.88 Å². The van der Waals surface area contributed by atoms with Gasteiger partial charge in [0.25, 0.3) is 0 Å². The van der Waals surface area contributed by atoms with Gasteiger partial charge in [-0.1, -0.05) is 11.6 Å². The summed E-state index contributed by atoms with van der Waals surface area (Å²) in [7, 11) is 0. The first-order valence-corrected chi connectivity index (χ1v) is 4.99. The number of hydrogen-bond acceptors (Lipinski definition) is 1. The minimum atomic E-state index is 0.0771. The molecule has 1 heterocycles. The van der Waals surface area contributed by atoms with Crippen LogP contribution in [0, 0.1) is 0 Å². The molecule has 1 nitrogen and oxygen atoms in total. The fraction of sp³-hybridized carbons (Fsp3) is 0.800. The van der Waals surface area contributed by atoms with E-state index in [9.17, 15) is 0 Å². The summed E-state index contributed by atoms with van der Waals surface area (Å²) in [6, 6.07) is 0. The van der Waals surface area contributed by atoms with Crippen molar-refractivity contribution in [1.29, 1.82) is 0 Å². The molecule has 1 fully saturated rings. The van der Waals surface area contributed by atoms with Gasteiger partial charge in [-0.3, -0.25) is 0 Å². The smallest absolute Gasteiger partial charge is 0.101 e. The van der Waals surface area contributed by atoms with Crippen molar-refractivity contribution in [2.24, 2.45) is 0 Å². The van der Waals surface area contributed by atoms with Crippen molar-refractivity contribution in [2.45, 2.75) is 45.3 Å². The van der Waals surface area contributed by atoms with Crippen LogP contribution >= 0.6 is 11.6 Å². The van der Waals surface area contributed by atoms with E-state index in [2.05, 4.69) is 26.8 Å². The summed E-state index contributed by atoms with van der Waals surface area (Å²) >= 11 is 5.68. The van der Waals surface area contributed by atoms with Crippen molar-refractivity contribution in [3.05, 3.63) is 11.6 Å². The van der Waals surface area contributed by atoms with Crippen LogP contribution in [0.25, 0.3) is 0 Å². The average molecular weight is 189 g/mol. The lowest BCUT2D eigenvalue weighted by atomic mass is 10.0. The Bertz CT molecular complexity index is 184. The van der Waals surface area contributed by atoms with Crippen LogP contribution in [0.3, 0.4) is 0 Å². The highest BCUT2D eigenvalue weighted by Crippen LogP contribution is 2.40. The monoisotopic (exact) mass is 188 g/mol. The Morgan fingerprint density at radius 2 is 2.25 bits per heavy atom. The summed E-state index contributed by atoms with van der Waals surface area (Å²) in [5.74, 6) is 0.630. The van der Waals surface area contributed by atoms with Crippen molar-refractivity contribution in [1.82, 2.24) is 0 Å². The van der Waals surface area contributed by atoms with Gasteiger partial charge in [-0.15, -0.1) is 11.6 Å². The van der Waals surface area contributed by atoms with E-state index in [0.717, 1.165) is 12.8 Å². The summed E-state index contributed by atoms with van der Waals surface area (Å²) in [5.41, 5.74) is 1.45. The van der Waals surface area contributed by atoms with E-state index in [1.54, 1.807) is 0 Å². The number of allylic oxidation sites excluding steroid dienone is 2. The minimum absolute atomic E-state index is 0.0771. The van der Waals surface area contributed by atoms with E-state index in [1.807, 2.05) is 0 Å². The van der Waals surface area contributed by atoms with E-state index in [1.165, 1.54) is 5.57 Å². The van der Waals surface area contributed by atoms with Gasteiger partial charge in [0.2, 0.25) is 0 Å². The first kappa shape index (κ1) is 10.1. The van der Waals surface area contributed by atoms with Gasteiger partial charge in [-0.25, -0.2) is 0 Å². The number of halogens is 1. The maximum Gasteiger partial charge on any atom is 0.101 e. The molecule has 0 aromatic rings. The van der Waals surface area contributed by atoms with E-state index >= 15 is 0 Å². The SMILES string of the molecule is CC(C)=CCC[C@]1(C)O[C@H]1CCl. The molecule has 0 saturated carbocycles. The molecule has 2 heteroatoms. The van der Waals surface area contributed by atoms with Crippen molar-refractivity contribution < 1.29 is 4.74 Å². The van der Waals surface area contributed by atoms with Crippen LogP contribution < -0.4 is 0 Å². The van der Waals surface area contributed by atoms with Crippen LogP contribution in [0.2, 0.25) is 0 Å². The van der Waals surface area contributed by atoms with E-state index in [4.69, 9.17) is 16.3 Å². The number of epoxide rings is 1. The Morgan fingerprint density at radius 3 is 2.67 bits per heavy atom. The molecular formula is C10H17ClO. The molecule has 0 unspecified atom stereocenters. The van der Waals surface area contributed by atoms with Gasteiger partial charge < -0.3 is 4.74 Å². The summed E-state index contributed by atoms with van der Waals surface area (Å²) in [5, 5.41) is 0. The van der Waals surface area contributed by atoms with Crippen LogP contribution in [0.5, 0.6) is 0 Å². The molecule has 0 radical (unpaired) electrons. The van der Waals surface area contributed by atoms with E-state index in [0.29, 0.717) is 12.0 Å². The Hall–Kier alpha value is -0.0100. The zero-order valence-corrected chi connectivity index (χ0v) is 8.82. The number of hydrogen-bond donors (Lipinski definition) is 0. The summed E-state index contributed by atoms with van der Waals surface area (Å²) < 4.78 is 5.47. The van der Waals surface area contributed by atoms with Crippen LogP contribution in [0.4, 0.5) is 0 Å². The third-order valence-electron chi connectivity index (χ3n) is 2.37. The second-order valence-corrected chi connectivity index (χ2v) is 4.20. The summed E-state index contributed by atoms with van der Waals surface area (Å²) in [6.07, 6.45) is 4.74. The van der Waals surface area contributed by atoms with Crippen molar-refractivity contribution in [3.63, 3.8) is 0 Å². The molecule has 1 aliphatic heterocycles. The van der Waals surface area contributed by atoms with Gasteiger partial charge in [0, 0.05) is 0 Å². The zero-order valence-electron chi connectivity index (χ0n) is 8.06. The molecule has 1 aliphatic rings. The molecule has 0 aromatic carbocycles. The molecule has 0 amide bonds. The Morgan fingerprint density at radius 1 is 1.58 bits per heavy atom. The molecular weight excluding hydrogens is 172 g/mol. The molecule has 12 heavy (non-hydrogen) atoms. The molecule has 1 saturated heterocycles. The third-order valence-corrected chi connectivity index (χ3v) is 2.65. The third kappa shape index (κ3) is 2.49. The van der Waals surface area contributed by atoms with Gasteiger partial charge >= 0.3 is 0 Å². The Balaban J connectivity index is 2.21. The lowest BCUT2D eigenvalue weighted by molar-refractivity contribution is 0.301. The Kier molecular flexibility index (Phi) is 3.19. The maximum absolute atomic E-state index is 5.68. The van der Waals surface area contributed by atoms with Crippen LogP contribution in [0.15, 0.2) is 11.6 Å². The van der Waals surface area contributed by atoms with Gasteiger partial charge in [0.15, 0.2) is 0 Å². The lowest BCUT2D eigenvalue weighted by Crippen LogP contribution is -2.09. The number of alkyl halides is 1. The predicted octanol–water partition coefficient (Wildman–Crippen LogP) is 3.13. The Labute approximate surface area is 79.7 Å². The van der Waals surface area contributed by atoms with E-state index < -0.39 is 0 Å². The summed E-state index contributed by atoms with van der Waals surface area (Å²) in [6.45, 7) is 6.38. The predicted molar refractivity (Wildman–Crippen MR) is 52.7 cm³/mol. The topological polar surface area (TPSA) is 12.5 Å². The average Bonchev–Trinajstić information content (AvgIpc) is 2.61. The van der Waals surface area contributed by atoms with Crippen molar-refractivity contribution in [3.8, 4) is 0 Å². The molecule has 2 atom stereocenters. The molecule has 0 aromatic heterocycles. The normalized spacial score (nSPS) is 33.2. The summed E-state index contributed by atoms with van der Waals surface area (Å²) in [4.78, 5) is 0. The highest BCUT2D eigenvalue weighted by Gasteiger charge is 2.50. The van der Waals surface area contributed by atoms with Crippen molar-refractivity contribution >= 4 is 11.6 Å². The van der Waals surface area contributed by atoms with Gasteiger partial charge in [0.05, 0.1) is 11.5 Å².